The molecule has 0 aliphatic rings. The molecule has 2 rings (SSSR count). The lowest BCUT2D eigenvalue weighted by molar-refractivity contribution is -0.133. The van der Waals surface area contributed by atoms with Crippen LogP contribution in [-0.4, -0.2) is 28.4 Å². The third-order valence-electron chi connectivity index (χ3n) is 3.39. The molecule has 0 aliphatic carbocycles. The number of amides is 1. The van der Waals surface area contributed by atoms with Crippen molar-refractivity contribution in [3.05, 3.63) is 66.0 Å². The maximum atomic E-state index is 12.5. The molecule has 0 unspecified atom stereocenters. The van der Waals surface area contributed by atoms with Gasteiger partial charge in [-0.25, -0.2) is 0 Å². The Labute approximate surface area is 149 Å². The summed E-state index contributed by atoms with van der Waals surface area (Å²) in [4.78, 5) is 18.5. The highest BCUT2D eigenvalue weighted by molar-refractivity contribution is 5.85. The molecule has 1 amide bonds. The average Bonchev–Trinajstić information content (AvgIpc) is 2.54. The summed E-state index contributed by atoms with van der Waals surface area (Å²) in [6, 6.07) is 15.0. The largest absolute Gasteiger partial charge is 0.336 e. The molecular weight excluding hydrogens is 333 g/mol. The van der Waals surface area contributed by atoms with Gasteiger partial charge in [0.1, 0.15) is 0 Å². The van der Waals surface area contributed by atoms with E-state index >= 15 is 0 Å². The number of nitrogens with zero attached hydrogens (tertiary/aromatic N) is 2. The standard InChI is InChI=1S/C17H21N3O.2ClH/c1-2-20(13-15-10-6-7-11-19-15)17(21)16(18)12-14-8-4-3-5-9-14;;/h3-11,16H,2,12-13,18H2,1H3;2*1H/t16-;;/m0../s1. The number of likely N-dealkylation sites (N-methyl/N-ethyl adjacent to an activating group) is 1. The van der Waals surface area contributed by atoms with E-state index in [1.807, 2.05) is 55.5 Å². The molecule has 126 valence electrons. The molecule has 0 spiro atoms. The zero-order chi connectivity index (χ0) is 15.1. The molecule has 2 aromatic rings. The summed E-state index contributed by atoms with van der Waals surface area (Å²) in [5, 5.41) is 0. The van der Waals surface area contributed by atoms with Crippen LogP contribution in [-0.2, 0) is 17.8 Å². The van der Waals surface area contributed by atoms with Crippen LogP contribution in [0.2, 0.25) is 0 Å². The molecule has 0 saturated heterocycles. The van der Waals surface area contributed by atoms with Gasteiger partial charge < -0.3 is 10.6 Å². The molecule has 0 saturated carbocycles. The Balaban J connectivity index is 0.00000242. The Hall–Kier alpha value is -1.62. The fourth-order valence-electron chi connectivity index (χ4n) is 2.22. The second kappa shape index (κ2) is 11.0. The van der Waals surface area contributed by atoms with Gasteiger partial charge in [-0.1, -0.05) is 36.4 Å². The van der Waals surface area contributed by atoms with Crippen LogP contribution in [0.15, 0.2) is 54.7 Å². The molecular formula is C17H23Cl2N3O. The van der Waals surface area contributed by atoms with E-state index in [0.29, 0.717) is 19.5 Å². The third kappa shape index (κ3) is 6.57. The number of carbonyl (C=O) groups excluding carboxylic acids is 1. The zero-order valence-electron chi connectivity index (χ0n) is 13.1. The lowest BCUT2D eigenvalue weighted by Gasteiger charge is -2.24. The molecule has 23 heavy (non-hydrogen) atoms. The van der Waals surface area contributed by atoms with Gasteiger partial charge in [-0.3, -0.25) is 9.78 Å². The van der Waals surface area contributed by atoms with Gasteiger partial charge in [0.15, 0.2) is 0 Å². The third-order valence-corrected chi connectivity index (χ3v) is 3.39. The first-order chi connectivity index (χ1) is 10.2. The minimum Gasteiger partial charge on any atom is -0.336 e. The van der Waals surface area contributed by atoms with Crippen molar-refractivity contribution in [3.8, 4) is 0 Å². The van der Waals surface area contributed by atoms with E-state index in [-0.39, 0.29) is 30.7 Å². The highest BCUT2D eigenvalue weighted by atomic mass is 35.5. The second-order valence-electron chi connectivity index (χ2n) is 4.97. The van der Waals surface area contributed by atoms with Crippen LogP contribution in [0.25, 0.3) is 0 Å². The van der Waals surface area contributed by atoms with Gasteiger partial charge in [-0.2, -0.15) is 0 Å². The van der Waals surface area contributed by atoms with Crippen LogP contribution < -0.4 is 5.73 Å². The van der Waals surface area contributed by atoms with Crippen molar-refractivity contribution in [2.75, 3.05) is 6.54 Å². The molecule has 4 nitrogen and oxygen atoms in total. The van der Waals surface area contributed by atoms with Crippen molar-refractivity contribution in [1.29, 1.82) is 0 Å². The van der Waals surface area contributed by atoms with Crippen LogP contribution in [0.4, 0.5) is 0 Å². The molecule has 0 fully saturated rings. The monoisotopic (exact) mass is 355 g/mol. The van der Waals surface area contributed by atoms with E-state index in [1.165, 1.54) is 0 Å². The predicted molar refractivity (Wildman–Crippen MR) is 97.9 cm³/mol. The first-order valence-corrected chi connectivity index (χ1v) is 7.19. The minimum atomic E-state index is -0.518. The summed E-state index contributed by atoms with van der Waals surface area (Å²) >= 11 is 0. The normalized spacial score (nSPS) is 10.9. The van der Waals surface area contributed by atoms with Crippen LogP contribution in [0.1, 0.15) is 18.2 Å². The zero-order valence-corrected chi connectivity index (χ0v) is 14.7. The Bertz CT molecular complexity index is 567. The van der Waals surface area contributed by atoms with Gasteiger partial charge in [0.05, 0.1) is 18.3 Å². The SMILES string of the molecule is CCN(Cc1ccccn1)C(=O)[C@@H](N)Cc1ccccc1.Cl.Cl. The predicted octanol–water partition coefficient (Wildman–Crippen LogP) is 2.84. The van der Waals surface area contributed by atoms with Crippen molar-refractivity contribution >= 4 is 30.7 Å². The number of halogens is 2. The van der Waals surface area contributed by atoms with E-state index in [4.69, 9.17) is 5.73 Å². The maximum Gasteiger partial charge on any atom is 0.240 e. The number of benzene rings is 1. The fraction of sp³-hybridized carbons (Fsp3) is 0.294. The number of aromatic nitrogens is 1. The van der Waals surface area contributed by atoms with Crippen LogP contribution >= 0.6 is 24.8 Å². The number of hydrogen-bond donors (Lipinski definition) is 1. The molecule has 1 atom stereocenters. The van der Waals surface area contributed by atoms with Gasteiger partial charge in [0.25, 0.3) is 0 Å². The smallest absolute Gasteiger partial charge is 0.240 e. The average molecular weight is 356 g/mol. The number of carbonyl (C=O) groups is 1. The van der Waals surface area contributed by atoms with Gasteiger partial charge >= 0.3 is 0 Å². The van der Waals surface area contributed by atoms with E-state index in [9.17, 15) is 4.79 Å². The maximum absolute atomic E-state index is 12.5. The molecule has 1 aromatic carbocycles. The Morgan fingerprint density at radius 2 is 1.78 bits per heavy atom. The molecule has 6 heteroatoms. The first-order valence-electron chi connectivity index (χ1n) is 7.19. The Kier molecular flexibility index (Phi) is 10.2. The van der Waals surface area contributed by atoms with E-state index in [2.05, 4.69) is 4.98 Å². The van der Waals surface area contributed by atoms with Crippen LogP contribution in [0, 0.1) is 0 Å². The van der Waals surface area contributed by atoms with Crippen molar-refractivity contribution in [1.82, 2.24) is 9.88 Å². The van der Waals surface area contributed by atoms with Crippen molar-refractivity contribution in [2.45, 2.75) is 25.9 Å². The van der Waals surface area contributed by atoms with Gasteiger partial charge in [-0.05, 0) is 31.0 Å². The van der Waals surface area contributed by atoms with Gasteiger partial charge in [0, 0.05) is 12.7 Å². The summed E-state index contributed by atoms with van der Waals surface area (Å²) in [5.74, 6) is -0.0352. The highest BCUT2D eigenvalue weighted by Crippen LogP contribution is 2.07. The van der Waals surface area contributed by atoms with Crippen molar-refractivity contribution < 1.29 is 4.79 Å². The fourth-order valence-corrected chi connectivity index (χ4v) is 2.22. The molecule has 1 aromatic heterocycles. The minimum absolute atomic E-state index is 0. The van der Waals surface area contributed by atoms with E-state index < -0.39 is 6.04 Å². The summed E-state index contributed by atoms with van der Waals surface area (Å²) in [7, 11) is 0. The van der Waals surface area contributed by atoms with Crippen LogP contribution in [0.3, 0.4) is 0 Å². The van der Waals surface area contributed by atoms with E-state index in [0.717, 1.165) is 11.3 Å². The molecule has 2 N–H and O–H groups in total. The van der Waals surface area contributed by atoms with Gasteiger partial charge in [-0.15, -0.1) is 24.8 Å². The first kappa shape index (κ1) is 21.4. The lowest BCUT2D eigenvalue weighted by atomic mass is 10.1. The Morgan fingerprint density at radius 1 is 1.13 bits per heavy atom. The number of rotatable bonds is 6. The summed E-state index contributed by atoms with van der Waals surface area (Å²) in [6.45, 7) is 3.08. The van der Waals surface area contributed by atoms with Crippen molar-refractivity contribution in [3.63, 3.8) is 0 Å². The number of pyridine rings is 1. The van der Waals surface area contributed by atoms with Crippen LogP contribution in [0.5, 0.6) is 0 Å². The number of hydrogen-bond acceptors (Lipinski definition) is 3. The summed E-state index contributed by atoms with van der Waals surface area (Å²) in [6.07, 6.45) is 2.29. The summed E-state index contributed by atoms with van der Waals surface area (Å²) < 4.78 is 0. The summed E-state index contributed by atoms with van der Waals surface area (Å²) in [5.41, 5.74) is 8.02. The highest BCUT2D eigenvalue weighted by Gasteiger charge is 2.20. The molecule has 0 aliphatic heterocycles. The van der Waals surface area contributed by atoms with E-state index in [1.54, 1.807) is 11.1 Å². The van der Waals surface area contributed by atoms with Gasteiger partial charge in [0.2, 0.25) is 5.91 Å². The molecule has 1 heterocycles. The number of nitrogens with two attached hydrogens (primary N) is 1. The quantitative estimate of drug-likeness (QED) is 0.866. The Morgan fingerprint density at radius 3 is 2.35 bits per heavy atom. The molecule has 0 bridgehead atoms. The topological polar surface area (TPSA) is 59.2 Å². The lowest BCUT2D eigenvalue weighted by Crippen LogP contribution is -2.44. The van der Waals surface area contributed by atoms with Crippen molar-refractivity contribution in [2.24, 2.45) is 5.73 Å². The molecule has 0 radical (unpaired) electrons. The second-order valence-corrected chi connectivity index (χ2v) is 4.97.